The van der Waals surface area contributed by atoms with E-state index in [4.69, 9.17) is 16.7 Å². The van der Waals surface area contributed by atoms with Crippen LogP contribution in [0, 0.1) is 0 Å². The van der Waals surface area contributed by atoms with Crippen LogP contribution >= 0.6 is 11.6 Å². The lowest BCUT2D eigenvalue weighted by atomic mass is 9.99. The second-order valence-corrected chi connectivity index (χ2v) is 5.24. The Morgan fingerprint density at radius 3 is 2.73 bits per heavy atom. The number of hydrogen-bond acceptors (Lipinski definition) is 6. The Hall–Kier alpha value is -2.18. The molecule has 22 heavy (non-hydrogen) atoms. The van der Waals surface area contributed by atoms with E-state index < -0.39 is 0 Å². The SMILES string of the molecule is CN(CCO)C1=CC(=O)C(=Nc2ccc(O)c(Cl)c2)CC1=O. The van der Waals surface area contributed by atoms with E-state index in [0.717, 1.165) is 0 Å². The Labute approximate surface area is 132 Å². The fourth-order valence-corrected chi connectivity index (χ4v) is 2.20. The second-order valence-electron chi connectivity index (χ2n) is 4.83. The molecule has 6 nitrogen and oxygen atoms in total. The maximum atomic E-state index is 12.1. The summed E-state index contributed by atoms with van der Waals surface area (Å²) >= 11 is 5.78. The van der Waals surface area contributed by atoms with Crippen LogP contribution in [0.25, 0.3) is 0 Å². The number of allylic oxidation sites excluding steroid dienone is 2. The quantitative estimate of drug-likeness (QED) is 0.876. The number of aliphatic hydroxyl groups is 1. The first kappa shape index (κ1) is 16.2. The number of halogens is 1. The van der Waals surface area contributed by atoms with Crippen LogP contribution in [0.5, 0.6) is 5.75 Å². The minimum absolute atomic E-state index is 0.0792. The van der Waals surface area contributed by atoms with E-state index in [1.54, 1.807) is 7.05 Å². The van der Waals surface area contributed by atoms with Gasteiger partial charge in [-0.15, -0.1) is 0 Å². The van der Waals surface area contributed by atoms with Gasteiger partial charge >= 0.3 is 0 Å². The molecule has 0 heterocycles. The summed E-state index contributed by atoms with van der Waals surface area (Å²) in [7, 11) is 1.63. The van der Waals surface area contributed by atoms with Gasteiger partial charge in [0.15, 0.2) is 5.78 Å². The maximum Gasteiger partial charge on any atom is 0.202 e. The number of hydrogen-bond donors (Lipinski definition) is 2. The monoisotopic (exact) mass is 322 g/mol. The van der Waals surface area contributed by atoms with E-state index in [-0.39, 0.29) is 53.3 Å². The van der Waals surface area contributed by atoms with Crippen LogP contribution in [0.2, 0.25) is 5.02 Å². The largest absolute Gasteiger partial charge is 0.506 e. The van der Waals surface area contributed by atoms with Crippen LogP contribution < -0.4 is 0 Å². The molecule has 2 N–H and O–H groups in total. The Bertz CT molecular complexity index is 682. The average Bonchev–Trinajstić information content (AvgIpc) is 2.46. The van der Waals surface area contributed by atoms with E-state index in [9.17, 15) is 14.7 Å². The number of aliphatic hydroxyl groups excluding tert-OH is 1. The van der Waals surface area contributed by atoms with Gasteiger partial charge in [0.05, 0.1) is 35.1 Å². The Morgan fingerprint density at radius 2 is 2.09 bits per heavy atom. The first-order chi connectivity index (χ1) is 10.4. The molecule has 0 bridgehead atoms. The van der Waals surface area contributed by atoms with Crippen molar-refractivity contribution in [2.45, 2.75) is 6.42 Å². The van der Waals surface area contributed by atoms with Gasteiger partial charge in [-0.2, -0.15) is 0 Å². The predicted molar refractivity (Wildman–Crippen MR) is 82.6 cm³/mol. The van der Waals surface area contributed by atoms with Crippen molar-refractivity contribution < 1.29 is 19.8 Å². The summed E-state index contributed by atoms with van der Waals surface area (Å²) in [4.78, 5) is 29.8. The molecule has 0 aromatic heterocycles. The maximum absolute atomic E-state index is 12.1. The van der Waals surface area contributed by atoms with Crippen molar-refractivity contribution in [3.8, 4) is 5.75 Å². The number of carbonyl (C=O) groups excluding carboxylic acids is 2. The third-order valence-electron chi connectivity index (χ3n) is 3.21. The van der Waals surface area contributed by atoms with Crippen LogP contribution in [0.15, 0.2) is 35.0 Å². The molecular weight excluding hydrogens is 308 g/mol. The number of phenols is 1. The predicted octanol–water partition coefficient (Wildman–Crippen LogP) is 1.47. The van der Waals surface area contributed by atoms with Gasteiger partial charge in [-0.05, 0) is 18.2 Å². The van der Waals surface area contributed by atoms with Crippen molar-refractivity contribution in [3.63, 3.8) is 0 Å². The molecule has 0 aliphatic heterocycles. The number of rotatable bonds is 4. The van der Waals surface area contributed by atoms with Gasteiger partial charge in [0, 0.05) is 19.7 Å². The molecule has 7 heteroatoms. The highest BCUT2D eigenvalue weighted by Crippen LogP contribution is 2.28. The van der Waals surface area contributed by atoms with Gasteiger partial charge in [-0.3, -0.25) is 9.59 Å². The number of Topliss-reactive ketones (excluding diaryl/α,β-unsaturated/α-hetero) is 1. The van der Waals surface area contributed by atoms with Crippen LogP contribution in [-0.4, -0.2) is 52.6 Å². The number of aliphatic imine (C=N–C) groups is 1. The molecule has 1 aliphatic rings. The number of aromatic hydroxyl groups is 1. The van der Waals surface area contributed by atoms with Crippen molar-refractivity contribution in [1.82, 2.24) is 4.90 Å². The van der Waals surface area contributed by atoms with Crippen LogP contribution in [0.1, 0.15) is 6.42 Å². The number of carbonyl (C=O) groups is 2. The van der Waals surface area contributed by atoms with Gasteiger partial charge in [-0.25, -0.2) is 4.99 Å². The van der Waals surface area contributed by atoms with Gasteiger partial charge < -0.3 is 15.1 Å². The second kappa shape index (κ2) is 6.72. The van der Waals surface area contributed by atoms with Gasteiger partial charge in [0.1, 0.15) is 5.75 Å². The standard InChI is InChI=1S/C15H15ClN2O4/c1-18(4-5-19)12-8-14(21)11(7-15(12)22)17-9-2-3-13(20)10(16)6-9/h2-3,6,8,19-20H,4-5,7H2,1H3. The van der Waals surface area contributed by atoms with E-state index in [0.29, 0.717) is 5.69 Å². The molecule has 0 unspecified atom stereocenters. The molecule has 0 fully saturated rings. The first-order valence-electron chi connectivity index (χ1n) is 6.59. The lowest BCUT2D eigenvalue weighted by Gasteiger charge is -2.23. The molecule has 1 aliphatic carbocycles. The highest BCUT2D eigenvalue weighted by molar-refractivity contribution is 6.50. The summed E-state index contributed by atoms with van der Waals surface area (Å²) < 4.78 is 0. The summed E-state index contributed by atoms with van der Waals surface area (Å²) in [5.74, 6) is -0.674. The fourth-order valence-electron chi connectivity index (χ4n) is 2.03. The molecule has 1 aromatic rings. The lowest BCUT2D eigenvalue weighted by molar-refractivity contribution is -0.118. The first-order valence-corrected chi connectivity index (χ1v) is 6.97. The van der Waals surface area contributed by atoms with Gasteiger partial charge in [0.25, 0.3) is 0 Å². The molecular formula is C15H15ClN2O4. The number of benzene rings is 1. The zero-order chi connectivity index (χ0) is 16.3. The highest BCUT2D eigenvalue weighted by atomic mass is 35.5. The van der Waals surface area contributed by atoms with Crippen LogP contribution in [0.3, 0.4) is 0 Å². The lowest BCUT2D eigenvalue weighted by Crippen LogP contribution is -2.33. The van der Waals surface area contributed by atoms with Gasteiger partial charge in [-0.1, -0.05) is 11.6 Å². The van der Waals surface area contributed by atoms with Crippen molar-refractivity contribution in [1.29, 1.82) is 0 Å². The Kier molecular flexibility index (Phi) is 4.95. The molecule has 0 amide bonds. The van der Waals surface area contributed by atoms with E-state index in [1.165, 1.54) is 29.2 Å². The molecule has 0 spiro atoms. The minimum Gasteiger partial charge on any atom is -0.506 e. The number of ketones is 2. The average molecular weight is 323 g/mol. The van der Waals surface area contributed by atoms with Gasteiger partial charge in [0.2, 0.25) is 5.78 Å². The van der Waals surface area contributed by atoms with E-state index >= 15 is 0 Å². The summed E-state index contributed by atoms with van der Waals surface area (Å²) in [5, 5.41) is 18.4. The van der Waals surface area contributed by atoms with Crippen LogP contribution in [0.4, 0.5) is 5.69 Å². The van der Waals surface area contributed by atoms with Crippen molar-refractivity contribution >= 4 is 34.6 Å². The summed E-state index contributed by atoms with van der Waals surface area (Å²) in [6, 6.07) is 4.29. The van der Waals surface area contributed by atoms with E-state index in [2.05, 4.69) is 4.99 Å². The third-order valence-corrected chi connectivity index (χ3v) is 3.51. The Morgan fingerprint density at radius 1 is 1.36 bits per heavy atom. The summed E-state index contributed by atoms with van der Waals surface area (Å²) in [6.07, 6.45) is 1.11. The summed E-state index contributed by atoms with van der Waals surface area (Å²) in [5.41, 5.74) is 0.772. The zero-order valence-electron chi connectivity index (χ0n) is 11.9. The zero-order valence-corrected chi connectivity index (χ0v) is 12.7. The van der Waals surface area contributed by atoms with Crippen LogP contribution in [-0.2, 0) is 9.59 Å². The topological polar surface area (TPSA) is 90.2 Å². The van der Waals surface area contributed by atoms with E-state index in [1.807, 2.05) is 0 Å². The molecule has 0 atom stereocenters. The molecule has 1 aromatic carbocycles. The molecule has 116 valence electrons. The highest BCUT2D eigenvalue weighted by Gasteiger charge is 2.26. The molecule has 0 saturated heterocycles. The molecule has 2 rings (SSSR count). The number of likely N-dealkylation sites (N-methyl/N-ethyl adjacent to an activating group) is 1. The number of nitrogens with zero attached hydrogens (tertiary/aromatic N) is 2. The summed E-state index contributed by atoms with van der Waals surface area (Å²) in [6.45, 7) is 0.160. The minimum atomic E-state index is -0.358. The van der Waals surface area contributed by atoms with Crippen molar-refractivity contribution in [2.75, 3.05) is 20.2 Å². The molecule has 0 radical (unpaired) electrons. The smallest absolute Gasteiger partial charge is 0.202 e. The molecule has 0 saturated carbocycles. The fraction of sp³-hybridized carbons (Fsp3) is 0.267. The normalized spacial score (nSPS) is 16.9. The van der Waals surface area contributed by atoms with Crippen molar-refractivity contribution in [2.24, 2.45) is 4.99 Å². The third kappa shape index (κ3) is 3.52. The number of phenolic OH excluding ortho intramolecular Hbond substituents is 1. The van der Waals surface area contributed by atoms with Crippen molar-refractivity contribution in [3.05, 3.63) is 35.0 Å². The Balaban J connectivity index is 2.28.